The zero-order valence-corrected chi connectivity index (χ0v) is 16.1. The van der Waals surface area contributed by atoms with Gasteiger partial charge in [0.2, 0.25) is 10.0 Å². The highest BCUT2D eigenvalue weighted by atomic mass is 32.2. The van der Waals surface area contributed by atoms with E-state index in [2.05, 4.69) is 20.8 Å². The van der Waals surface area contributed by atoms with Gasteiger partial charge in [-0.2, -0.15) is 4.31 Å². The third kappa shape index (κ3) is 5.48. The predicted molar refractivity (Wildman–Crippen MR) is 92.6 cm³/mol. The normalized spacial score (nSPS) is 12.7. The average molecular weight is 343 g/mol. The molecule has 0 heterocycles. The van der Waals surface area contributed by atoms with Gasteiger partial charge < -0.3 is 9.47 Å². The molecule has 5 nitrogen and oxygen atoms in total. The minimum Gasteiger partial charge on any atom is -0.497 e. The summed E-state index contributed by atoms with van der Waals surface area (Å²) in [6.45, 7) is 11.1. The Hall–Kier alpha value is -1.11. The molecule has 0 aromatic heterocycles. The van der Waals surface area contributed by atoms with Crippen LogP contribution < -0.4 is 4.74 Å². The van der Waals surface area contributed by atoms with Gasteiger partial charge in [0.1, 0.15) is 5.75 Å². The molecule has 1 rings (SSSR count). The summed E-state index contributed by atoms with van der Waals surface area (Å²) in [5.41, 5.74) is 1.44. The van der Waals surface area contributed by atoms with Crippen molar-refractivity contribution in [2.75, 3.05) is 33.9 Å². The first-order chi connectivity index (χ1) is 10.5. The fourth-order valence-corrected chi connectivity index (χ4v) is 3.84. The van der Waals surface area contributed by atoms with Crippen molar-refractivity contribution in [2.45, 2.75) is 39.5 Å². The van der Waals surface area contributed by atoms with Crippen molar-refractivity contribution in [1.82, 2.24) is 4.31 Å². The maximum atomic E-state index is 12.8. The van der Waals surface area contributed by atoms with E-state index in [4.69, 9.17) is 9.47 Å². The molecule has 0 N–H and O–H groups in total. The Kier molecular flexibility index (Phi) is 6.62. The monoisotopic (exact) mass is 343 g/mol. The molecule has 0 saturated carbocycles. The molecular weight excluding hydrogens is 314 g/mol. The minimum atomic E-state index is -3.54. The van der Waals surface area contributed by atoms with Gasteiger partial charge in [-0.05, 0) is 42.5 Å². The lowest BCUT2D eigenvalue weighted by Gasteiger charge is -2.22. The third-order valence-corrected chi connectivity index (χ3v) is 5.59. The van der Waals surface area contributed by atoms with Crippen LogP contribution in [-0.2, 0) is 14.8 Å². The van der Waals surface area contributed by atoms with E-state index in [-0.39, 0.29) is 5.41 Å². The molecule has 23 heavy (non-hydrogen) atoms. The molecule has 0 radical (unpaired) electrons. The summed E-state index contributed by atoms with van der Waals surface area (Å²) in [6, 6.07) is 3.48. The summed E-state index contributed by atoms with van der Waals surface area (Å²) in [7, 11) is -0.391. The first kappa shape index (κ1) is 19.9. The zero-order chi connectivity index (χ0) is 17.8. The molecule has 0 atom stereocenters. The number of ether oxygens (including phenoxy) is 2. The van der Waals surface area contributed by atoms with Gasteiger partial charge in [0.05, 0.1) is 25.2 Å². The Labute approximate surface area is 140 Å². The van der Waals surface area contributed by atoms with Crippen molar-refractivity contribution in [3.8, 4) is 5.75 Å². The molecule has 1 aromatic carbocycles. The molecule has 0 aliphatic carbocycles. The lowest BCUT2D eigenvalue weighted by Crippen LogP contribution is -2.32. The minimum absolute atomic E-state index is 0.0700. The lowest BCUT2D eigenvalue weighted by atomic mass is 9.99. The van der Waals surface area contributed by atoms with Gasteiger partial charge in [0, 0.05) is 13.6 Å². The Morgan fingerprint density at radius 1 is 1.13 bits per heavy atom. The molecule has 6 heteroatoms. The molecule has 0 unspecified atom stereocenters. The van der Waals surface area contributed by atoms with Crippen molar-refractivity contribution in [3.63, 3.8) is 0 Å². The maximum Gasteiger partial charge on any atom is 0.243 e. The standard InChI is InChI=1S/C17H29NO4S/c1-13-10-15(21-7)11-14(2)16(13)23(19,20)18(6)8-9-22-12-17(3,4)5/h10-11H,8-9,12H2,1-7H3. The van der Waals surface area contributed by atoms with Crippen LogP contribution in [0.25, 0.3) is 0 Å². The third-order valence-electron chi connectivity index (χ3n) is 3.42. The maximum absolute atomic E-state index is 12.8. The number of likely N-dealkylation sites (N-methyl/N-ethyl adjacent to an activating group) is 1. The highest BCUT2D eigenvalue weighted by Gasteiger charge is 2.25. The summed E-state index contributed by atoms with van der Waals surface area (Å²) < 4.78 is 37.7. The second kappa shape index (κ2) is 7.64. The molecule has 0 amide bonds. The van der Waals surface area contributed by atoms with E-state index in [0.717, 1.165) is 0 Å². The van der Waals surface area contributed by atoms with E-state index >= 15 is 0 Å². The number of hydrogen-bond acceptors (Lipinski definition) is 4. The largest absolute Gasteiger partial charge is 0.497 e. The number of benzene rings is 1. The fraction of sp³-hybridized carbons (Fsp3) is 0.647. The molecule has 0 saturated heterocycles. The highest BCUT2D eigenvalue weighted by molar-refractivity contribution is 7.89. The Morgan fingerprint density at radius 3 is 2.09 bits per heavy atom. The summed E-state index contributed by atoms with van der Waals surface area (Å²) in [4.78, 5) is 0.344. The van der Waals surface area contributed by atoms with Crippen LogP contribution in [0.4, 0.5) is 0 Å². The van der Waals surface area contributed by atoms with Crippen molar-refractivity contribution < 1.29 is 17.9 Å². The number of hydrogen-bond donors (Lipinski definition) is 0. The number of nitrogens with zero attached hydrogens (tertiary/aromatic N) is 1. The summed E-state index contributed by atoms with van der Waals surface area (Å²) in [5.74, 6) is 0.662. The van der Waals surface area contributed by atoms with Crippen LogP contribution in [-0.4, -0.2) is 46.6 Å². The van der Waals surface area contributed by atoms with E-state index in [1.165, 1.54) is 4.31 Å². The van der Waals surface area contributed by atoms with Crippen LogP contribution in [0, 0.1) is 19.3 Å². The Morgan fingerprint density at radius 2 is 1.65 bits per heavy atom. The Bertz CT molecular complexity index is 609. The lowest BCUT2D eigenvalue weighted by molar-refractivity contribution is 0.0671. The number of rotatable bonds is 7. The van der Waals surface area contributed by atoms with Gasteiger partial charge in [0.25, 0.3) is 0 Å². The molecule has 0 spiro atoms. The quantitative estimate of drug-likeness (QED) is 0.714. The number of methoxy groups -OCH3 is 1. The second-order valence-electron chi connectivity index (χ2n) is 7.03. The summed E-state index contributed by atoms with van der Waals surface area (Å²) in [5, 5.41) is 0. The van der Waals surface area contributed by atoms with Crippen LogP contribution >= 0.6 is 0 Å². The van der Waals surface area contributed by atoms with Gasteiger partial charge in [-0.25, -0.2) is 8.42 Å². The highest BCUT2D eigenvalue weighted by Crippen LogP contribution is 2.27. The van der Waals surface area contributed by atoms with E-state index in [9.17, 15) is 8.42 Å². The van der Waals surface area contributed by atoms with Gasteiger partial charge in [-0.15, -0.1) is 0 Å². The molecule has 132 valence electrons. The van der Waals surface area contributed by atoms with E-state index in [1.54, 1.807) is 40.1 Å². The van der Waals surface area contributed by atoms with Crippen molar-refractivity contribution >= 4 is 10.0 Å². The SMILES string of the molecule is COc1cc(C)c(S(=O)(=O)N(C)CCOCC(C)(C)C)c(C)c1. The van der Waals surface area contributed by atoms with Gasteiger partial charge in [-0.3, -0.25) is 0 Å². The van der Waals surface area contributed by atoms with Crippen LogP contribution in [0.3, 0.4) is 0 Å². The smallest absolute Gasteiger partial charge is 0.243 e. The summed E-state index contributed by atoms with van der Waals surface area (Å²) in [6.07, 6.45) is 0. The molecular formula is C17H29NO4S. The van der Waals surface area contributed by atoms with Crippen molar-refractivity contribution in [3.05, 3.63) is 23.3 Å². The predicted octanol–water partition coefficient (Wildman–Crippen LogP) is 3.00. The first-order valence-corrected chi connectivity index (χ1v) is 9.12. The fourth-order valence-electron chi connectivity index (χ4n) is 2.28. The molecule has 0 aliphatic heterocycles. The van der Waals surface area contributed by atoms with Gasteiger partial charge >= 0.3 is 0 Å². The van der Waals surface area contributed by atoms with Crippen LogP contribution in [0.1, 0.15) is 31.9 Å². The van der Waals surface area contributed by atoms with Crippen LogP contribution in [0.15, 0.2) is 17.0 Å². The average Bonchev–Trinajstić information content (AvgIpc) is 2.40. The van der Waals surface area contributed by atoms with Crippen molar-refractivity contribution in [2.24, 2.45) is 5.41 Å². The van der Waals surface area contributed by atoms with Gasteiger partial charge in [-0.1, -0.05) is 20.8 Å². The first-order valence-electron chi connectivity index (χ1n) is 7.68. The topological polar surface area (TPSA) is 55.8 Å². The van der Waals surface area contributed by atoms with Crippen LogP contribution in [0.2, 0.25) is 0 Å². The van der Waals surface area contributed by atoms with Crippen molar-refractivity contribution in [1.29, 1.82) is 0 Å². The summed E-state index contributed by atoms with van der Waals surface area (Å²) >= 11 is 0. The van der Waals surface area contributed by atoms with E-state index in [1.807, 2.05) is 0 Å². The van der Waals surface area contributed by atoms with Gasteiger partial charge in [0.15, 0.2) is 0 Å². The number of aryl methyl sites for hydroxylation is 2. The van der Waals surface area contributed by atoms with E-state index in [0.29, 0.717) is 41.5 Å². The second-order valence-corrected chi connectivity index (χ2v) is 9.01. The molecule has 0 bridgehead atoms. The Balaban J connectivity index is 2.86. The zero-order valence-electron chi connectivity index (χ0n) is 15.3. The number of sulfonamides is 1. The molecule has 1 aromatic rings. The van der Waals surface area contributed by atoms with E-state index < -0.39 is 10.0 Å². The van der Waals surface area contributed by atoms with Crippen LogP contribution in [0.5, 0.6) is 5.75 Å². The molecule has 0 fully saturated rings. The molecule has 0 aliphatic rings.